The fourth-order valence-corrected chi connectivity index (χ4v) is 2.34. The molecule has 96 valence electrons. The van der Waals surface area contributed by atoms with Gasteiger partial charge in [0.2, 0.25) is 0 Å². The number of nitrogens with one attached hydrogen (secondary N) is 1. The third kappa shape index (κ3) is 4.64. The van der Waals surface area contributed by atoms with E-state index >= 15 is 0 Å². The lowest BCUT2D eigenvalue weighted by atomic mass is 10.1. The first kappa shape index (κ1) is 14.5. The highest BCUT2D eigenvalue weighted by atomic mass is 32.2. The molecule has 4 heteroatoms. The summed E-state index contributed by atoms with van der Waals surface area (Å²) in [7, 11) is 0. The predicted octanol–water partition coefficient (Wildman–Crippen LogP) is 3.76. The van der Waals surface area contributed by atoms with Gasteiger partial charge in [0.05, 0.1) is 0 Å². The SMILES string of the molecule is CCCNC(CSCC)c1ccc(F)c(F)c1. The van der Waals surface area contributed by atoms with Crippen LogP contribution in [-0.2, 0) is 0 Å². The average Bonchev–Trinajstić information content (AvgIpc) is 2.33. The molecule has 1 nitrogen and oxygen atoms in total. The summed E-state index contributed by atoms with van der Waals surface area (Å²) in [5.41, 5.74) is 0.818. The van der Waals surface area contributed by atoms with E-state index in [0.29, 0.717) is 0 Å². The van der Waals surface area contributed by atoms with Crippen molar-refractivity contribution >= 4 is 11.8 Å². The smallest absolute Gasteiger partial charge is 0.159 e. The summed E-state index contributed by atoms with van der Waals surface area (Å²) in [5.74, 6) is 0.341. The molecule has 0 aliphatic rings. The molecule has 0 aliphatic carbocycles. The van der Waals surface area contributed by atoms with E-state index in [4.69, 9.17) is 0 Å². The lowest BCUT2D eigenvalue weighted by molar-refractivity contribution is 0.501. The van der Waals surface area contributed by atoms with Crippen molar-refractivity contribution in [3.8, 4) is 0 Å². The number of thioether (sulfide) groups is 1. The zero-order chi connectivity index (χ0) is 12.7. The van der Waals surface area contributed by atoms with Gasteiger partial charge in [-0.25, -0.2) is 8.78 Å². The molecule has 1 N–H and O–H groups in total. The monoisotopic (exact) mass is 259 g/mol. The lowest BCUT2D eigenvalue weighted by Crippen LogP contribution is -2.24. The van der Waals surface area contributed by atoms with E-state index in [1.165, 1.54) is 12.1 Å². The van der Waals surface area contributed by atoms with Crippen LogP contribution in [0.1, 0.15) is 31.9 Å². The number of hydrogen-bond acceptors (Lipinski definition) is 2. The molecule has 1 rings (SSSR count). The Morgan fingerprint density at radius 3 is 2.59 bits per heavy atom. The third-order valence-corrected chi connectivity index (χ3v) is 3.45. The Balaban J connectivity index is 2.75. The van der Waals surface area contributed by atoms with E-state index in [-0.39, 0.29) is 6.04 Å². The van der Waals surface area contributed by atoms with E-state index in [9.17, 15) is 8.78 Å². The fraction of sp³-hybridized carbons (Fsp3) is 0.538. The van der Waals surface area contributed by atoms with Crippen LogP contribution in [-0.4, -0.2) is 18.1 Å². The quantitative estimate of drug-likeness (QED) is 0.800. The topological polar surface area (TPSA) is 12.0 Å². The summed E-state index contributed by atoms with van der Waals surface area (Å²) in [6.45, 7) is 5.06. The molecule has 0 amide bonds. The first-order valence-electron chi connectivity index (χ1n) is 5.95. The second-order valence-corrected chi connectivity index (χ2v) is 5.16. The van der Waals surface area contributed by atoms with Gasteiger partial charge in [0.25, 0.3) is 0 Å². The Morgan fingerprint density at radius 1 is 1.24 bits per heavy atom. The van der Waals surface area contributed by atoms with Crippen molar-refractivity contribution < 1.29 is 8.78 Å². The van der Waals surface area contributed by atoms with E-state index < -0.39 is 11.6 Å². The Bertz CT molecular complexity index is 336. The van der Waals surface area contributed by atoms with Gasteiger partial charge in [0.15, 0.2) is 11.6 Å². The molecular formula is C13H19F2NS. The maximum absolute atomic E-state index is 13.2. The second-order valence-electron chi connectivity index (χ2n) is 3.84. The van der Waals surface area contributed by atoms with E-state index in [0.717, 1.165) is 30.0 Å². The molecule has 17 heavy (non-hydrogen) atoms. The van der Waals surface area contributed by atoms with Crippen molar-refractivity contribution in [2.75, 3.05) is 18.1 Å². The van der Waals surface area contributed by atoms with E-state index in [1.54, 1.807) is 17.8 Å². The number of hydrogen-bond donors (Lipinski definition) is 1. The zero-order valence-corrected chi connectivity index (χ0v) is 11.1. The lowest BCUT2D eigenvalue weighted by Gasteiger charge is -2.18. The Kier molecular flexibility index (Phi) is 6.52. The van der Waals surface area contributed by atoms with Crippen molar-refractivity contribution in [3.63, 3.8) is 0 Å². The van der Waals surface area contributed by atoms with Crippen molar-refractivity contribution in [1.29, 1.82) is 0 Å². The van der Waals surface area contributed by atoms with Crippen LogP contribution in [0.2, 0.25) is 0 Å². The minimum absolute atomic E-state index is 0.0926. The van der Waals surface area contributed by atoms with Gasteiger partial charge in [-0.1, -0.05) is 19.9 Å². The minimum Gasteiger partial charge on any atom is -0.309 e. The molecule has 0 radical (unpaired) electrons. The third-order valence-electron chi connectivity index (χ3n) is 2.48. The second kappa shape index (κ2) is 7.67. The molecule has 1 unspecified atom stereocenters. The highest BCUT2D eigenvalue weighted by Crippen LogP contribution is 2.20. The van der Waals surface area contributed by atoms with Crippen LogP contribution >= 0.6 is 11.8 Å². The molecule has 0 heterocycles. The van der Waals surface area contributed by atoms with Crippen molar-refractivity contribution in [3.05, 3.63) is 35.4 Å². The summed E-state index contributed by atoms with van der Waals surface area (Å²) in [4.78, 5) is 0. The molecule has 1 aromatic carbocycles. The molecule has 0 aromatic heterocycles. The van der Waals surface area contributed by atoms with Crippen LogP contribution in [0, 0.1) is 11.6 Å². The predicted molar refractivity (Wildman–Crippen MR) is 70.4 cm³/mol. The van der Waals surface area contributed by atoms with Gasteiger partial charge in [0.1, 0.15) is 0 Å². The van der Waals surface area contributed by atoms with Gasteiger partial charge in [0, 0.05) is 11.8 Å². The van der Waals surface area contributed by atoms with Crippen molar-refractivity contribution in [2.24, 2.45) is 0 Å². The maximum atomic E-state index is 13.2. The van der Waals surface area contributed by atoms with E-state index in [1.807, 2.05) is 0 Å². The molecular weight excluding hydrogens is 240 g/mol. The molecule has 0 bridgehead atoms. The first-order valence-corrected chi connectivity index (χ1v) is 7.10. The van der Waals surface area contributed by atoms with Gasteiger partial charge in [-0.15, -0.1) is 0 Å². The normalized spacial score (nSPS) is 12.7. The Morgan fingerprint density at radius 2 is 2.00 bits per heavy atom. The van der Waals surface area contributed by atoms with E-state index in [2.05, 4.69) is 19.2 Å². The highest BCUT2D eigenvalue weighted by Gasteiger charge is 2.12. The van der Waals surface area contributed by atoms with Gasteiger partial charge in [-0.2, -0.15) is 11.8 Å². The van der Waals surface area contributed by atoms with Crippen molar-refractivity contribution in [1.82, 2.24) is 5.32 Å². The van der Waals surface area contributed by atoms with Gasteiger partial charge >= 0.3 is 0 Å². The maximum Gasteiger partial charge on any atom is 0.159 e. The summed E-state index contributed by atoms with van der Waals surface area (Å²) in [6.07, 6.45) is 1.02. The molecule has 0 saturated carbocycles. The molecule has 0 saturated heterocycles. The fourth-order valence-electron chi connectivity index (χ4n) is 1.56. The Hall–Kier alpha value is -0.610. The largest absolute Gasteiger partial charge is 0.309 e. The average molecular weight is 259 g/mol. The summed E-state index contributed by atoms with van der Waals surface area (Å²) in [6, 6.07) is 4.23. The van der Waals surface area contributed by atoms with Gasteiger partial charge in [-0.05, 0) is 36.4 Å². The minimum atomic E-state index is -0.786. The number of rotatable bonds is 7. The van der Waals surface area contributed by atoms with Crippen LogP contribution in [0.5, 0.6) is 0 Å². The van der Waals surface area contributed by atoms with Crippen LogP contribution in [0.3, 0.4) is 0 Å². The first-order chi connectivity index (χ1) is 8.19. The van der Waals surface area contributed by atoms with Crippen LogP contribution in [0.15, 0.2) is 18.2 Å². The molecule has 1 aromatic rings. The molecule has 0 spiro atoms. The van der Waals surface area contributed by atoms with Crippen molar-refractivity contribution in [2.45, 2.75) is 26.3 Å². The standard InChI is InChI=1S/C13H19F2NS/c1-3-7-16-13(9-17-4-2)10-5-6-11(14)12(15)8-10/h5-6,8,13,16H,3-4,7,9H2,1-2H3. The zero-order valence-electron chi connectivity index (χ0n) is 10.3. The van der Waals surface area contributed by atoms with Crippen LogP contribution < -0.4 is 5.32 Å². The molecule has 0 fully saturated rings. The number of halogens is 2. The summed E-state index contributed by atoms with van der Waals surface area (Å²) >= 11 is 1.79. The van der Waals surface area contributed by atoms with Gasteiger partial charge < -0.3 is 5.32 Å². The van der Waals surface area contributed by atoms with Crippen LogP contribution in [0.4, 0.5) is 8.78 Å². The molecule has 0 aliphatic heterocycles. The highest BCUT2D eigenvalue weighted by molar-refractivity contribution is 7.99. The Labute approximate surface area is 106 Å². The van der Waals surface area contributed by atoms with Crippen LogP contribution in [0.25, 0.3) is 0 Å². The number of benzene rings is 1. The summed E-state index contributed by atoms with van der Waals surface area (Å²) < 4.78 is 26.0. The summed E-state index contributed by atoms with van der Waals surface area (Å²) in [5, 5.41) is 3.36. The van der Waals surface area contributed by atoms with Gasteiger partial charge in [-0.3, -0.25) is 0 Å². The molecule has 1 atom stereocenters.